The van der Waals surface area contributed by atoms with Gasteiger partial charge in [-0.05, 0) is 38.1 Å². The highest BCUT2D eigenvalue weighted by Crippen LogP contribution is 2.34. The zero-order valence-corrected chi connectivity index (χ0v) is 9.76. The molecule has 0 bridgehead atoms. The fourth-order valence-corrected chi connectivity index (χ4v) is 2.84. The third kappa shape index (κ3) is 5.66. The van der Waals surface area contributed by atoms with Crippen LogP contribution in [0.2, 0.25) is 0 Å². The van der Waals surface area contributed by atoms with Crippen molar-refractivity contribution in [2.75, 3.05) is 12.3 Å². The first-order valence-corrected chi connectivity index (χ1v) is 6.44. The molecule has 0 aromatic carbocycles. The molecule has 0 spiro atoms. The van der Waals surface area contributed by atoms with Crippen LogP contribution in [0.5, 0.6) is 0 Å². The minimum Gasteiger partial charge on any atom is -0.314 e. The number of halogens is 3. The molecule has 0 amide bonds. The van der Waals surface area contributed by atoms with Gasteiger partial charge in [0.05, 0.1) is 0 Å². The van der Waals surface area contributed by atoms with Gasteiger partial charge < -0.3 is 5.32 Å². The predicted octanol–water partition coefficient (Wildman–Crippen LogP) is 3.41. The van der Waals surface area contributed by atoms with Crippen molar-refractivity contribution < 1.29 is 13.2 Å². The smallest absolute Gasteiger partial charge is 0.314 e. The van der Waals surface area contributed by atoms with E-state index in [1.54, 1.807) is 0 Å². The van der Waals surface area contributed by atoms with E-state index in [2.05, 4.69) is 12.2 Å². The molecule has 90 valence electrons. The molecule has 5 heteroatoms. The van der Waals surface area contributed by atoms with Crippen LogP contribution in [0.1, 0.15) is 32.6 Å². The summed E-state index contributed by atoms with van der Waals surface area (Å²) in [4.78, 5) is 0. The van der Waals surface area contributed by atoms with Gasteiger partial charge in [-0.2, -0.15) is 13.2 Å². The maximum absolute atomic E-state index is 11.9. The van der Waals surface area contributed by atoms with Crippen molar-refractivity contribution in [3.05, 3.63) is 0 Å². The first kappa shape index (κ1) is 13.2. The highest BCUT2D eigenvalue weighted by Gasteiger charge is 2.29. The molecule has 1 rings (SSSR count). The second kappa shape index (κ2) is 5.99. The molecular formula is C10H18F3NS. The van der Waals surface area contributed by atoms with Crippen LogP contribution in [0, 0.1) is 5.92 Å². The summed E-state index contributed by atoms with van der Waals surface area (Å²) in [5.41, 5.74) is -4.06. The molecule has 0 aromatic heterocycles. The molecule has 0 aromatic rings. The largest absolute Gasteiger partial charge is 0.441 e. The van der Waals surface area contributed by atoms with Gasteiger partial charge in [0.2, 0.25) is 0 Å². The van der Waals surface area contributed by atoms with Crippen molar-refractivity contribution in [1.29, 1.82) is 0 Å². The quantitative estimate of drug-likeness (QED) is 0.791. The fraction of sp³-hybridized carbons (Fsp3) is 1.00. The van der Waals surface area contributed by atoms with E-state index in [4.69, 9.17) is 0 Å². The highest BCUT2D eigenvalue weighted by molar-refractivity contribution is 8.00. The van der Waals surface area contributed by atoms with E-state index in [9.17, 15) is 13.2 Å². The second-order valence-corrected chi connectivity index (χ2v) is 5.18. The SMILES string of the molecule is CCNC1CCC(CCSC(F)(F)F)C1. The third-order valence-corrected chi connectivity index (χ3v) is 3.59. The number of thioether (sulfide) groups is 1. The number of hydrogen-bond acceptors (Lipinski definition) is 2. The summed E-state index contributed by atoms with van der Waals surface area (Å²) in [5.74, 6) is 0.705. The van der Waals surface area contributed by atoms with Gasteiger partial charge in [-0.1, -0.05) is 18.7 Å². The van der Waals surface area contributed by atoms with Crippen LogP contribution in [0.4, 0.5) is 13.2 Å². The molecule has 1 aliphatic rings. The summed E-state index contributed by atoms with van der Waals surface area (Å²) >= 11 is 0.115. The Labute approximate surface area is 93.2 Å². The number of nitrogens with one attached hydrogen (secondary N) is 1. The lowest BCUT2D eigenvalue weighted by Crippen LogP contribution is -2.25. The Morgan fingerprint density at radius 1 is 1.33 bits per heavy atom. The van der Waals surface area contributed by atoms with E-state index in [0.717, 1.165) is 25.8 Å². The van der Waals surface area contributed by atoms with Crippen molar-refractivity contribution in [3.8, 4) is 0 Å². The summed E-state index contributed by atoms with van der Waals surface area (Å²) in [7, 11) is 0. The standard InChI is InChI=1S/C10H18F3NS/c1-2-14-9-4-3-8(7-9)5-6-15-10(11,12)13/h8-9,14H,2-7H2,1H3. The predicted molar refractivity (Wildman–Crippen MR) is 57.9 cm³/mol. The van der Waals surface area contributed by atoms with E-state index in [1.165, 1.54) is 0 Å². The van der Waals surface area contributed by atoms with Crippen molar-refractivity contribution in [2.45, 2.75) is 44.2 Å². The Balaban J connectivity index is 2.09. The summed E-state index contributed by atoms with van der Waals surface area (Å²) in [6.07, 6.45) is 3.95. The average Bonchev–Trinajstić information content (AvgIpc) is 2.51. The van der Waals surface area contributed by atoms with Crippen LogP contribution >= 0.6 is 11.8 Å². The van der Waals surface area contributed by atoms with Gasteiger partial charge in [-0.25, -0.2) is 0 Å². The normalized spacial score (nSPS) is 27.2. The highest BCUT2D eigenvalue weighted by atomic mass is 32.2. The zero-order chi connectivity index (χ0) is 11.3. The fourth-order valence-electron chi connectivity index (χ4n) is 2.15. The molecule has 1 nitrogen and oxygen atoms in total. The number of rotatable bonds is 5. The molecule has 1 saturated carbocycles. The maximum atomic E-state index is 11.9. The van der Waals surface area contributed by atoms with Gasteiger partial charge in [-0.15, -0.1) is 0 Å². The van der Waals surface area contributed by atoms with Crippen molar-refractivity contribution in [3.63, 3.8) is 0 Å². The maximum Gasteiger partial charge on any atom is 0.441 e. The lowest BCUT2D eigenvalue weighted by molar-refractivity contribution is -0.0328. The lowest BCUT2D eigenvalue weighted by atomic mass is 10.1. The molecule has 2 atom stereocenters. The van der Waals surface area contributed by atoms with Crippen LogP contribution in [-0.4, -0.2) is 23.8 Å². The van der Waals surface area contributed by atoms with Gasteiger partial charge in [0.15, 0.2) is 0 Å². The summed E-state index contributed by atoms with van der Waals surface area (Å²) in [6.45, 7) is 3.02. The van der Waals surface area contributed by atoms with E-state index in [0.29, 0.717) is 18.4 Å². The van der Waals surface area contributed by atoms with Crippen LogP contribution in [0.15, 0.2) is 0 Å². The van der Waals surface area contributed by atoms with E-state index in [1.807, 2.05) is 0 Å². The third-order valence-electron chi connectivity index (χ3n) is 2.83. The van der Waals surface area contributed by atoms with Crippen LogP contribution < -0.4 is 5.32 Å². The topological polar surface area (TPSA) is 12.0 Å². The van der Waals surface area contributed by atoms with Gasteiger partial charge in [-0.3, -0.25) is 0 Å². The first-order chi connectivity index (χ1) is 7.01. The van der Waals surface area contributed by atoms with Crippen molar-refractivity contribution in [1.82, 2.24) is 5.32 Å². The molecule has 15 heavy (non-hydrogen) atoms. The average molecular weight is 241 g/mol. The molecule has 2 unspecified atom stereocenters. The van der Waals surface area contributed by atoms with Crippen LogP contribution in [0.3, 0.4) is 0 Å². The Bertz CT molecular complexity index is 184. The molecule has 0 aliphatic heterocycles. The number of alkyl halides is 3. The van der Waals surface area contributed by atoms with Gasteiger partial charge in [0, 0.05) is 11.8 Å². The van der Waals surface area contributed by atoms with Crippen LogP contribution in [0.25, 0.3) is 0 Å². The monoisotopic (exact) mass is 241 g/mol. The van der Waals surface area contributed by atoms with Crippen LogP contribution in [-0.2, 0) is 0 Å². The Hall–Kier alpha value is 0.100. The zero-order valence-electron chi connectivity index (χ0n) is 8.94. The molecule has 0 heterocycles. The van der Waals surface area contributed by atoms with E-state index >= 15 is 0 Å². The lowest BCUT2D eigenvalue weighted by Gasteiger charge is -2.12. The number of hydrogen-bond donors (Lipinski definition) is 1. The van der Waals surface area contributed by atoms with Crippen molar-refractivity contribution >= 4 is 11.8 Å². The second-order valence-electron chi connectivity index (χ2n) is 4.02. The first-order valence-electron chi connectivity index (χ1n) is 5.45. The van der Waals surface area contributed by atoms with Crippen molar-refractivity contribution in [2.24, 2.45) is 5.92 Å². The summed E-state index contributed by atoms with van der Waals surface area (Å²) in [5, 5.41) is 3.35. The van der Waals surface area contributed by atoms with Gasteiger partial charge in [0.1, 0.15) is 0 Å². The summed E-state index contributed by atoms with van der Waals surface area (Å²) in [6, 6.07) is 0.538. The van der Waals surface area contributed by atoms with Gasteiger partial charge >= 0.3 is 5.51 Å². The Kier molecular flexibility index (Phi) is 5.26. The minimum atomic E-state index is -4.06. The van der Waals surface area contributed by atoms with Gasteiger partial charge in [0.25, 0.3) is 0 Å². The molecular weight excluding hydrogens is 223 g/mol. The molecule has 1 N–H and O–H groups in total. The Morgan fingerprint density at radius 3 is 2.67 bits per heavy atom. The molecule has 0 saturated heterocycles. The molecule has 1 fully saturated rings. The minimum absolute atomic E-state index is 0.115. The summed E-state index contributed by atoms with van der Waals surface area (Å²) < 4.78 is 35.6. The molecule has 0 radical (unpaired) electrons. The molecule has 1 aliphatic carbocycles. The van der Waals surface area contributed by atoms with E-state index < -0.39 is 5.51 Å². The van der Waals surface area contributed by atoms with E-state index in [-0.39, 0.29) is 17.5 Å². The Morgan fingerprint density at radius 2 is 2.07 bits per heavy atom.